The van der Waals surface area contributed by atoms with E-state index in [1.54, 1.807) is 6.92 Å². The molecule has 1 aromatic rings. The normalized spacial score (nSPS) is 18.7. The van der Waals surface area contributed by atoms with Gasteiger partial charge in [0, 0.05) is 12.0 Å². The van der Waals surface area contributed by atoms with E-state index in [9.17, 15) is 9.59 Å². The summed E-state index contributed by atoms with van der Waals surface area (Å²) in [4.78, 5) is 23.8. The van der Waals surface area contributed by atoms with Crippen LogP contribution in [0.5, 0.6) is 0 Å². The maximum atomic E-state index is 12.1. The third-order valence-corrected chi connectivity index (χ3v) is 6.74. The topological polar surface area (TPSA) is 72.8 Å². The third-order valence-electron chi connectivity index (χ3n) is 6.74. The second-order valence-corrected chi connectivity index (χ2v) is 9.65. The molecule has 1 fully saturated rings. The Labute approximate surface area is 205 Å². The van der Waals surface area contributed by atoms with E-state index in [1.807, 2.05) is 0 Å². The van der Waals surface area contributed by atoms with Crippen molar-refractivity contribution < 1.29 is 24.2 Å². The van der Waals surface area contributed by atoms with Gasteiger partial charge in [0.25, 0.3) is 0 Å². The summed E-state index contributed by atoms with van der Waals surface area (Å²) in [7, 11) is 0. The van der Waals surface area contributed by atoms with E-state index in [1.165, 1.54) is 30.4 Å². The van der Waals surface area contributed by atoms with Crippen LogP contribution >= 0.6 is 0 Å². The molecule has 1 aliphatic rings. The number of hydrogen-bond acceptors (Lipinski definition) is 5. The van der Waals surface area contributed by atoms with Crippen LogP contribution < -0.4 is 0 Å². The van der Waals surface area contributed by atoms with Gasteiger partial charge in [-0.05, 0) is 74.8 Å². The summed E-state index contributed by atoms with van der Waals surface area (Å²) in [6.07, 6.45) is 10.2. The molecule has 2 rings (SSSR count). The number of aliphatic hydroxyl groups excluding tert-OH is 1. The Morgan fingerprint density at radius 1 is 1.06 bits per heavy atom. The number of ether oxygens (including phenoxy) is 2. The van der Waals surface area contributed by atoms with Crippen LogP contribution in [0.15, 0.2) is 48.6 Å². The average Bonchev–Trinajstić information content (AvgIpc) is 2.84. The van der Waals surface area contributed by atoms with Crippen LogP contribution in [0.25, 0.3) is 0 Å². The number of esters is 2. The lowest BCUT2D eigenvalue weighted by molar-refractivity contribution is -0.147. The van der Waals surface area contributed by atoms with Gasteiger partial charge >= 0.3 is 11.9 Å². The molecule has 0 amide bonds. The lowest BCUT2D eigenvalue weighted by Gasteiger charge is -2.31. The van der Waals surface area contributed by atoms with Gasteiger partial charge in [-0.3, -0.25) is 0 Å². The number of carbonyl (C=O) groups excluding carboxylic acids is 2. The van der Waals surface area contributed by atoms with Crippen LogP contribution in [0.2, 0.25) is 0 Å². The fraction of sp³-hybridized carbons (Fsp3) is 0.586. The van der Waals surface area contributed by atoms with Crippen molar-refractivity contribution in [2.75, 3.05) is 13.2 Å². The van der Waals surface area contributed by atoms with Crippen molar-refractivity contribution >= 4 is 11.9 Å². The molecular weight excluding hydrogens is 428 g/mol. The molecule has 1 unspecified atom stereocenters. The molecule has 0 aromatic heterocycles. The summed E-state index contributed by atoms with van der Waals surface area (Å²) < 4.78 is 10.8. The van der Waals surface area contributed by atoms with Crippen molar-refractivity contribution in [2.45, 2.75) is 90.1 Å². The number of aryl methyl sites for hydroxylation is 1. The monoisotopic (exact) mass is 470 g/mol. The van der Waals surface area contributed by atoms with Gasteiger partial charge in [-0.25, -0.2) is 9.59 Å². The standard InChI is InChI=1S/C29H42O5/c1-5-6-7-8-23-9-13-25(14-10-23)26-15-11-24(12-16-26)19-27(34-28(31)21(2)3)17-18-33-29(32)22(4)20-30/h9-10,13-14,24,26-27,30H,2,4-8,11-12,15-20H2,1,3H3. The summed E-state index contributed by atoms with van der Waals surface area (Å²) >= 11 is 0. The molecule has 0 radical (unpaired) electrons. The smallest absolute Gasteiger partial charge is 0.335 e. The van der Waals surface area contributed by atoms with Crippen LogP contribution in [0.1, 0.15) is 88.7 Å². The Balaban J connectivity index is 1.85. The minimum absolute atomic E-state index is 0.0165. The fourth-order valence-electron chi connectivity index (χ4n) is 4.57. The number of unbranched alkanes of at least 4 members (excludes halogenated alkanes) is 2. The van der Waals surface area contributed by atoms with Gasteiger partial charge in [-0.15, -0.1) is 0 Å². The first kappa shape index (κ1) is 27.8. The van der Waals surface area contributed by atoms with E-state index < -0.39 is 18.5 Å². The van der Waals surface area contributed by atoms with Gasteiger partial charge in [0.15, 0.2) is 0 Å². The predicted octanol–water partition coefficient (Wildman–Crippen LogP) is 6.05. The highest BCUT2D eigenvalue weighted by atomic mass is 16.6. The molecule has 1 saturated carbocycles. The van der Waals surface area contributed by atoms with Gasteiger partial charge in [0.2, 0.25) is 0 Å². The Morgan fingerprint density at radius 2 is 1.74 bits per heavy atom. The van der Waals surface area contributed by atoms with Crippen molar-refractivity contribution in [3.05, 3.63) is 59.7 Å². The van der Waals surface area contributed by atoms with Crippen molar-refractivity contribution in [3.8, 4) is 0 Å². The first-order valence-corrected chi connectivity index (χ1v) is 12.7. The molecule has 0 spiro atoms. The van der Waals surface area contributed by atoms with Crippen molar-refractivity contribution in [1.82, 2.24) is 0 Å². The van der Waals surface area contributed by atoms with Crippen molar-refractivity contribution in [3.63, 3.8) is 0 Å². The molecule has 5 heteroatoms. The van der Waals surface area contributed by atoms with E-state index in [4.69, 9.17) is 14.6 Å². The van der Waals surface area contributed by atoms with Gasteiger partial charge in [-0.1, -0.05) is 57.2 Å². The molecular formula is C29H42O5. The van der Waals surface area contributed by atoms with E-state index in [-0.39, 0.29) is 18.3 Å². The number of hydrogen-bond donors (Lipinski definition) is 1. The van der Waals surface area contributed by atoms with Gasteiger partial charge in [0.1, 0.15) is 6.10 Å². The van der Waals surface area contributed by atoms with Crippen LogP contribution in [0.3, 0.4) is 0 Å². The average molecular weight is 471 g/mol. The number of carbonyl (C=O) groups is 2. The number of aliphatic hydroxyl groups is 1. The Hall–Kier alpha value is -2.40. The van der Waals surface area contributed by atoms with Crippen molar-refractivity contribution in [2.24, 2.45) is 5.92 Å². The third kappa shape index (κ3) is 9.46. The lowest BCUT2D eigenvalue weighted by atomic mass is 9.76. The summed E-state index contributed by atoms with van der Waals surface area (Å²) in [5, 5.41) is 8.99. The fourth-order valence-corrected chi connectivity index (χ4v) is 4.57. The van der Waals surface area contributed by atoms with Gasteiger partial charge in [-0.2, -0.15) is 0 Å². The van der Waals surface area contributed by atoms with Crippen LogP contribution in [0, 0.1) is 5.92 Å². The largest absolute Gasteiger partial charge is 0.462 e. The molecule has 5 nitrogen and oxygen atoms in total. The molecule has 0 saturated heterocycles. The first-order valence-electron chi connectivity index (χ1n) is 12.7. The van der Waals surface area contributed by atoms with E-state index in [2.05, 4.69) is 44.3 Å². The van der Waals surface area contributed by atoms with E-state index in [0.29, 0.717) is 23.8 Å². The number of rotatable bonds is 14. The Kier molecular flexibility index (Phi) is 12.1. The highest BCUT2D eigenvalue weighted by Gasteiger charge is 2.27. The highest BCUT2D eigenvalue weighted by Crippen LogP contribution is 2.38. The zero-order chi connectivity index (χ0) is 24.9. The first-order chi connectivity index (χ1) is 16.3. The quantitative estimate of drug-likeness (QED) is 0.203. The van der Waals surface area contributed by atoms with Gasteiger partial charge < -0.3 is 14.6 Å². The second-order valence-electron chi connectivity index (χ2n) is 9.65. The minimum Gasteiger partial charge on any atom is -0.462 e. The molecule has 1 aliphatic carbocycles. The minimum atomic E-state index is -0.621. The molecule has 0 heterocycles. The van der Waals surface area contributed by atoms with Crippen LogP contribution in [0.4, 0.5) is 0 Å². The molecule has 1 N–H and O–H groups in total. The lowest BCUT2D eigenvalue weighted by Crippen LogP contribution is -2.26. The second kappa shape index (κ2) is 14.8. The van der Waals surface area contributed by atoms with Crippen LogP contribution in [-0.4, -0.2) is 36.4 Å². The summed E-state index contributed by atoms with van der Waals surface area (Å²) in [5.41, 5.74) is 3.23. The Bertz CT molecular complexity index is 802. The Morgan fingerprint density at radius 3 is 2.32 bits per heavy atom. The highest BCUT2D eigenvalue weighted by molar-refractivity contribution is 5.88. The summed E-state index contributed by atoms with van der Waals surface area (Å²) in [6.45, 7) is 10.7. The zero-order valence-electron chi connectivity index (χ0n) is 21.0. The van der Waals surface area contributed by atoms with Crippen LogP contribution in [-0.2, 0) is 25.5 Å². The molecule has 34 heavy (non-hydrogen) atoms. The molecule has 0 bridgehead atoms. The van der Waals surface area contributed by atoms with Crippen molar-refractivity contribution in [1.29, 1.82) is 0 Å². The van der Waals surface area contributed by atoms with E-state index in [0.717, 1.165) is 38.5 Å². The number of benzene rings is 1. The SMILES string of the molecule is C=C(C)C(=O)OC(CCOC(=O)C(=C)CO)CC1CCC(c2ccc(CCCCC)cc2)CC1. The predicted molar refractivity (Wildman–Crippen MR) is 135 cm³/mol. The molecule has 0 aliphatic heterocycles. The van der Waals surface area contributed by atoms with Gasteiger partial charge in [0.05, 0.1) is 18.8 Å². The molecule has 188 valence electrons. The molecule has 1 aromatic carbocycles. The van der Waals surface area contributed by atoms with E-state index >= 15 is 0 Å². The maximum absolute atomic E-state index is 12.1. The summed E-state index contributed by atoms with van der Waals surface area (Å²) in [5.74, 6) is 0.0200. The molecule has 1 atom stereocenters. The summed E-state index contributed by atoms with van der Waals surface area (Å²) in [6, 6.07) is 9.18. The maximum Gasteiger partial charge on any atom is 0.335 e. The zero-order valence-corrected chi connectivity index (χ0v) is 21.0.